The number of aromatic nitrogens is 3. The Morgan fingerprint density at radius 2 is 1.85 bits per heavy atom. The predicted octanol–water partition coefficient (Wildman–Crippen LogP) is 4.95. The second-order valence-corrected chi connectivity index (χ2v) is 7.65. The topological polar surface area (TPSA) is 68.9 Å². The van der Waals surface area contributed by atoms with Crippen molar-refractivity contribution in [3.05, 3.63) is 87.0 Å². The molecular weight excluding hydrogens is 464 g/mol. The van der Waals surface area contributed by atoms with Gasteiger partial charge < -0.3 is 5.32 Å². The van der Waals surface area contributed by atoms with Crippen molar-refractivity contribution >= 4 is 34.2 Å². The number of aryl methyl sites for hydroxylation is 1. The van der Waals surface area contributed by atoms with Gasteiger partial charge in [-0.25, -0.2) is 9.07 Å². The van der Waals surface area contributed by atoms with Crippen molar-refractivity contribution in [2.75, 3.05) is 5.32 Å². The molecule has 1 amide bonds. The molecular formula is C22H15ClF4N4O2. The molecule has 6 nitrogen and oxygen atoms in total. The van der Waals surface area contributed by atoms with Gasteiger partial charge in [-0.05, 0) is 43.3 Å². The number of rotatable bonds is 4. The molecule has 0 unspecified atom stereocenters. The molecule has 0 saturated carbocycles. The van der Waals surface area contributed by atoms with Crippen LogP contribution in [0.15, 0.2) is 59.4 Å². The molecule has 0 aliphatic rings. The number of alkyl halides is 3. The number of hydrogen-bond acceptors (Lipinski definition) is 3. The minimum Gasteiger partial charge on any atom is -0.324 e. The second kappa shape index (κ2) is 8.36. The first kappa shape index (κ1) is 22.5. The number of nitrogens with zero attached hydrogens (tertiary/aromatic N) is 3. The van der Waals surface area contributed by atoms with E-state index in [9.17, 15) is 27.2 Å². The van der Waals surface area contributed by atoms with E-state index in [0.717, 1.165) is 21.4 Å². The van der Waals surface area contributed by atoms with Gasteiger partial charge in [-0.2, -0.15) is 18.3 Å². The first-order chi connectivity index (χ1) is 15.5. The summed E-state index contributed by atoms with van der Waals surface area (Å²) in [6.45, 7) is 0.731. The molecule has 0 atom stereocenters. The molecule has 0 spiro atoms. The average molecular weight is 479 g/mol. The summed E-state index contributed by atoms with van der Waals surface area (Å²) >= 11 is 5.90. The van der Waals surface area contributed by atoms with Crippen molar-refractivity contribution in [1.29, 1.82) is 0 Å². The van der Waals surface area contributed by atoms with Crippen molar-refractivity contribution in [3.8, 4) is 5.69 Å². The van der Waals surface area contributed by atoms with Crippen molar-refractivity contribution in [2.45, 2.75) is 19.6 Å². The SMILES string of the molecule is Cc1nn(-c2cccc(F)c2)c2c1c(C(F)(F)F)cc(=O)n2CC(=O)Nc1cccc(Cl)c1. The molecule has 0 bridgehead atoms. The molecule has 0 radical (unpaired) electrons. The van der Waals surface area contributed by atoms with Crippen molar-refractivity contribution < 1.29 is 22.4 Å². The Labute approximate surface area is 189 Å². The summed E-state index contributed by atoms with van der Waals surface area (Å²) < 4.78 is 56.9. The summed E-state index contributed by atoms with van der Waals surface area (Å²) in [5, 5.41) is 6.67. The van der Waals surface area contributed by atoms with Crippen LogP contribution in [0.3, 0.4) is 0 Å². The lowest BCUT2D eigenvalue weighted by Crippen LogP contribution is -2.30. The molecule has 2 heterocycles. The molecule has 0 aliphatic carbocycles. The summed E-state index contributed by atoms with van der Waals surface area (Å²) in [4.78, 5) is 25.4. The zero-order chi connectivity index (χ0) is 23.9. The number of fused-ring (bicyclic) bond motifs is 1. The average Bonchev–Trinajstić information content (AvgIpc) is 3.06. The van der Waals surface area contributed by atoms with Gasteiger partial charge in [0.05, 0.1) is 22.3 Å². The van der Waals surface area contributed by atoms with Gasteiger partial charge in [0.1, 0.15) is 18.0 Å². The monoisotopic (exact) mass is 478 g/mol. The minimum atomic E-state index is -4.85. The molecule has 170 valence electrons. The number of anilines is 1. The molecule has 2 aromatic heterocycles. The Morgan fingerprint density at radius 1 is 1.12 bits per heavy atom. The molecule has 4 aromatic rings. The quantitative estimate of drug-likeness (QED) is 0.422. The highest BCUT2D eigenvalue weighted by Gasteiger charge is 2.36. The number of amides is 1. The number of benzene rings is 2. The van der Waals surface area contributed by atoms with Gasteiger partial charge in [-0.15, -0.1) is 0 Å². The lowest BCUT2D eigenvalue weighted by molar-refractivity contribution is -0.136. The Balaban J connectivity index is 1.91. The maximum absolute atomic E-state index is 13.8. The van der Waals surface area contributed by atoms with E-state index >= 15 is 0 Å². The molecule has 4 rings (SSSR count). The maximum Gasteiger partial charge on any atom is 0.417 e. The number of carbonyl (C=O) groups is 1. The summed E-state index contributed by atoms with van der Waals surface area (Å²) in [5.74, 6) is -1.32. The van der Waals surface area contributed by atoms with Crippen LogP contribution in [0, 0.1) is 12.7 Å². The Bertz CT molecular complexity index is 1440. The minimum absolute atomic E-state index is 0.0365. The molecule has 2 aromatic carbocycles. The van der Waals surface area contributed by atoms with E-state index in [-0.39, 0.29) is 22.4 Å². The highest BCUT2D eigenvalue weighted by atomic mass is 35.5. The van der Waals surface area contributed by atoms with Gasteiger partial charge in [0.15, 0.2) is 0 Å². The van der Waals surface area contributed by atoms with Crippen molar-refractivity contribution in [3.63, 3.8) is 0 Å². The summed E-state index contributed by atoms with van der Waals surface area (Å²) in [6, 6.07) is 11.7. The number of hydrogen-bond donors (Lipinski definition) is 1. The maximum atomic E-state index is 13.8. The van der Waals surface area contributed by atoms with E-state index in [4.69, 9.17) is 11.6 Å². The fourth-order valence-electron chi connectivity index (χ4n) is 3.53. The summed E-state index contributed by atoms with van der Waals surface area (Å²) in [5.41, 5.74) is -2.12. The Hall–Kier alpha value is -3.66. The van der Waals surface area contributed by atoms with Crippen LogP contribution in [0.5, 0.6) is 0 Å². The standard InChI is InChI=1S/C22H15ClF4N4O2/c1-12-20-17(22(25,26)27)10-19(33)30(11-18(32)28-15-6-2-4-13(23)8-15)21(20)31(29-12)16-7-3-5-14(24)9-16/h2-10H,11H2,1H3,(H,28,32). The number of halogens is 5. The van der Waals surface area contributed by atoms with Gasteiger partial charge in [-0.3, -0.25) is 14.2 Å². The van der Waals surface area contributed by atoms with E-state index < -0.39 is 35.6 Å². The lowest BCUT2D eigenvalue weighted by atomic mass is 10.1. The Morgan fingerprint density at radius 3 is 2.52 bits per heavy atom. The van der Waals surface area contributed by atoms with Gasteiger partial charge in [0.25, 0.3) is 5.56 Å². The summed E-state index contributed by atoms with van der Waals surface area (Å²) in [6.07, 6.45) is -4.85. The fraction of sp³-hybridized carbons (Fsp3) is 0.136. The van der Waals surface area contributed by atoms with E-state index in [2.05, 4.69) is 10.4 Å². The molecule has 33 heavy (non-hydrogen) atoms. The third-order valence-corrected chi connectivity index (χ3v) is 5.10. The first-order valence-corrected chi connectivity index (χ1v) is 9.94. The van der Waals surface area contributed by atoms with Crippen LogP contribution in [-0.2, 0) is 17.5 Å². The van der Waals surface area contributed by atoms with Crippen LogP contribution in [0.25, 0.3) is 16.7 Å². The van der Waals surface area contributed by atoms with E-state index in [1.54, 1.807) is 18.2 Å². The zero-order valence-electron chi connectivity index (χ0n) is 17.0. The van der Waals surface area contributed by atoms with Gasteiger partial charge in [-0.1, -0.05) is 23.7 Å². The smallest absolute Gasteiger partial charge is 0.324 e. The van der Waals surface area contributed by atoms with Crippen LogP contribution in [0.2, 0.25) is 5.02 Å². The lowest BCUT2D eigenvalue weighted by Gasteiger charge is -2.15. The second-order valence-electron chi connectivity index (χ2n) is 7.21. The third kappa shape index (κ3) is 4.47. The molecule has 11 heteroatoms. The van der Waals surface area contributed by atoms with Crippen LogP contribution in [0.1, 0.15) is 11.3 Å². The van der Waals surface area contributed by atoms with Crippen LogP contribution < -0.4 is 10.9 Å². The highest BCUT2D eigenvalue weighted by molar-refractivity contribution is 6.30. The van der Waals surface area contributed by atoms with Crippen LogP contribution in [0.4, 0.5) is 23.2 Å². The van der Waals surface area contributed by atoms with Crippen LogP contribution in [-0.4, -0.2) is 20.3 Å². The molecule has 0 saturated heterocycles. The zero-order valence-corrected chi connectivity index (χ0v) is 17.7. The van der Waals surface area contributed by atoms with Crippen molar-refractivity contribution in [2.24, 2.45) is 0 Å². The highest BCUT2D eigenvalue weighted by Crippen LogP contribution is 2.36. The predicted molar refractivity (Wildman–Crippen MR) is 115 cm³/mol. The fourth-order valence-corrected chi connectivity index (χ4v) is 3.72. The summed E-state index contributed by atoms with van der Waals surface area (Å²) in [7, 11) is 0. The van der Waals surface area contributed by atoms with E-state index in [0.29, 0.717) is 16.8 Å². The van der Waals surface area contributed by atoms with Crippen LogP contribution >= 0.6 is 11.6 Å². The number of pyridine rings is 1. The molecule has 0 aliphatic heterocycles. The van der Waals surface area contributed by atoms with Gasteiger partial charge in [0, 0.05) is 16.8 Å². The first-order valence-electron chi connectivity index (χ1n) is 9.56. The normalized spacial score (nSPS) is 11.7. The molecule has 0 fully saturated rings. The van der Waals surface area contributed by atoms with Gasteiger partial charge in [0.2, 0.25) is 5.91 Å². The largest absolute Gasteiger partial charge is 0.417 e. The van der Waals surface area contributed by atoms with E-state index in [1.165, 1.54) is 25.1 Å². The number of carbonyl (C=O) groups excluding carboxylic acids is 1. The number of nitrogens with one attached hydrogen (secondary N) is 1. The Kier molecular flexibility index (Phi) is 5.71. The van der Waals surface area contributed by atoms with Gasteiger partial charge >= 0.3 is 6.18 Å². The third-order valence-electron chi connectivity index (χ3n) is 4.86. The van der Waals surface area contributed by atoms with E-state index in [1.807, 2.05) is 0 Å². The molecule has 1 N–H and O–H groups in total. The van der Waals surface area contributed by atoms with Crippen molar-refractivity contribution in [1.82, 2.24) is 14.3 Å².